The van der Waals surface area contributed by atoms with Crippen LogP contribution < -0.4 is 16.0 Å². The molecular formula is C27H48N6O5. The van der Waals surface area contributed by atoms with Gasteiger partial charge in [-0.3, -0.25) is 14.4 Å². The molecule has 0 saturated carbocycles. The molecule has 1 aromatic rings. The van der Waals surface area contributed by atoms with Crippen LogP contribution in [-0.4, -0.2) is 70.2 Å². The summed E-state index contributed by atoms with van der Waals surface area (Å²) in [5.74, 6) is -0.283. The van der Waals surface area contributed by atoms with E-state index in [9.17, 15) is 14.4 Å². The quantitative estimate of drug-likeness (QED) is 0.293. The number of aromatic nitrogens is 3. The van der Waals surface area contributed by atoms with Gasteiger partial charge in [0, 0.05) is 51.0 Å². The summed E-state index contributed by atoms with van der Waals surface area (Å²) in [7, 11) is 0. The SMILES string of the molecule is CC(=O)NC(C)(C)CCOCCOC1CCCCCc2c1nnn2CCCNC(=O)CC(C)(C)NC(C)=O. The van der Waals surface area contributed by atoms with Gasteiger partial charge < -0.3 is 25.4 Å². The smallest absolute Gasteiger partial charge is 0.222 e. The molecule has 1 aliphatic carbocycles. The van der Waals surface area contributed by atoms with E-state index in [0.717, 1.165) is 56.3 Å². The summed E-state index contributed by atoms with van der Waals surface area (Å²) in [6.07, 6.45) is 6.71. The first-order valence-corrected chi connectivity index (χ1v) is 13.8. The molecule has 3 amide bonds. The van der Waals surface area contributed by atoms with Crippen LogP contribution in [0.2, 0.25) is 0 Å². The topological polar surface area (TPSA) is 136 Å². The van der Waals surface area contributed by atoms with Crippen molar-refractivity contribution < 1.29 is 23.9 Å². The molecule has 1 aliphatic rings. The molecule has 11 nitrogen and oxygen atoms in total. The number of hydrogen-bond donors (Lipinski definition) is 3. The molecule has 38 heavy (non-hydrogen) atoms. The highest BCUT2D eigenvalue weighted by Crippen LogP contribution is 2.29. The minimum absolute atomic E-state index is 0.0426. The number of ether oxygens (including phenoxy) is 2. The average Bonchev–Trinajstić information content (AvgIpc) is 3.14. The molecule has 1 heterocycles. The lowest BCUT2D eigenvalue weighted by atomic mass is 9.99. The van der Waals surface area contributed by atoms with Gasteiger partial charge in [0.1, 0.15) is 11.8 Å². The number of aryl methyl sites for hydroxylation is 1. The van der Waals surface area contributed by atoms with Crippen molar-refractivity contribution in [2.45, 2.75) is 117 Å². The van der Waals surface area contributed by atoms with E-state index in [0.29, 0.717) is 32.9 Å². The Morgan fingerprint density at radius 3 is 2.39 bits per heavy atom. The maximum atomic E-state index is 12.3. The first-order valence-electron chi connectivity index (χ1n) is 13.8. The predicted molar refractivity (Wildman–Crippen MR) is 144 cm³/mol. The van der Waals surface area contributed by atoms with Crippen molar-refractivity contribution in [2.24, 2.45) is 0 Å². The van der Waals surface area contributed by atoms with E-state index in [1.54, 1.807) is 0 Å². The van der Waals surface area contributed by atoms with Gasteiger partial charge in [0.05, 0.1) is 18.9 Å². The zero-order chi connectivity index (χ0) is 28.2. The Morgan fingerprint density at radius 2 is 1.68 bits per heavy atom. The molecule has 1 aromatic heterocycles. The van der Waals surface area contributed by atoms with E-state index in [-0.39, 0.29) is 35.8 Å². The second-order valence-corrected chi connectivity index (χ2v) is 11.5. The van der Waals surface area contributed by atoms with Crippen LogP contribution in [0.15, 0.2) is 0 Å². The highest BCUT2D eigenvalue weighted by molar-refractivity contribution is 5.79. The summed E-state index contributed by atoms with van der Waals surface area (Å²) in [5.41, 5.74) is 1.15. The van der Waals surface area contributed by atoms with Gasteiger partial charge >= 0.3 is 0 Å². The van der Waals surface area contributed by atoms with Gasteiger partial charge in [-0.25, -0.2) is 4.68 Å². The minimum atomic E-state index is -0.582. The molecule has 0 aromatic carbocycles. The molecule has 1 atom stereocenters. The van der Waals surface area contributed by atoms with Crippen molar-refractivity contribution in [3.8, 4) is 0 Å². The number of fused-ring (bicyclic) bond motifs is 1. The summed E-state index contributed by atoms with van der Waals surface area (Å²) >= 11 is 0. The molecular weight excluding hydrogens is 488 g/mol. The summed E-state index contributed by atoms with van der Waals surface area (Å²) in [6.45, 7) is 13.3. The molecule has 0 radical (unpaired) electrons. The third kappa shape index (κ3) is 11.9. The predicted octanol–water partition coefficient (Wildman–Crippen LogP) is 2.58. The molecule has 2 rings (SSSR count). The van der Waals surface area contributed by atoms with Crippen LogP contribution in [0.5, 0.6) is 0 Å². The second kappa shape index (κ2) is 15.2. The first-order chi connectivity index (χ1) is 17.9. The normalized spacial score (nSPS) is 16.2. The fourth-order valence-electron chi connectivity index (χ4n) is 4.79. The van der Waals surface area contributed by atoms with Gasteiger partial charge in [0.2, 0.25) is 17.7 Å². The highest BCUT2D eigenvalue weighted by atomic mass is 16.5. The lowest BCUT2D eigenvalue weighted by Crippen LogP contribution is -2.46. The van der Waals surface area contributed by atoms with Crippen LogP contribution in [0.3, 0.4) is 0 Å². The molecule has 0 fully saturated rings. The molecule has 0 bridgehead atoms. The Balaban J connectivity index is 1.79. The van der Waals surface area contributed by atoms with Crippen molar-refractivity contribution in [3.05, 3.63) is 11.4 Å². The molecule has 0 spiro atoms. The average molecular weight is 537 g/mol. The Bertz CT molecular complexity index is 914. The monoisotopic (exact) mass is 536 g/mol. The van der Waals surface area contributed by atoms with Gasteiger partial charge in [-0.2, -0.15) is 0 Å². The van der Waals surface area contributed by atoms with Gasteiger partial charge in [-0.15, -0.1) is 5.10 Å². The van der Waals surface area contributed by atoms with Gasteiger partial charge in [0.15, 0.2) is 0 Å². The van der Waals surface area contributed by atoms with Crippen LogP contribution in [0.25, 0.3) is 0 Å². The summed E-state index contributed by atoms with van der Waals surface area (Å²) in [4.78, 5) is 34.9. The molecule has 11 heteroatoms. The largest absolute Gasteiger partial charge is 0.379 e. The second-order valence-electron chi connectivity index (χ2n) is 11.5. The Morgan fingerprint density at radius 1 is 0.974 bits per heavy atom. The standard InChI is InChI=1S/C27H48N6O5/c1-20(34)29-26(3,4)13-16-37-17-18-38-23-12-9-7-8-11-22-25(23)31-32-33(22)15-10-14-28-24(36)19-27(5,6)30-21(2)35/h23H,7-19H2,1-6H3,(H,28,36)(H,29,34)(H,30,35). The van der Waals surface area contributed by atoms with Crippen molar-refractivity contribution in [2.75, 3.05) is 26.4 Å². The van der Waals surface area contributed by atoms with Gasteiger partial charge in [-0.05, 0) is 59.8 Å². The van der Waals surface area contributed by atoms with Crippen molar-refractivity contribution in [3.63, 3.8) is 0 Å². The summed E-state index contributed by atoms with van der Waals surface area (Å²) in [6, 6.07) is 0. The fraction of sp³-hybridized carbons (Fsp3) is 0.815. The van der Waals surface area contributed by atoms with Crippen molar-refractivity contribution in [1.82, 2.24) is 30.9 Å². The van der Waals surface area contributed by atoms with E-state index in [1.807, 2.05) is 32.4 Å². The lowest BCUT2D eigenvalue weighted by Gasteiger charge is -2.25. The van der Waals surface area contributed by atoms with E-state index >= 15 is 0 Å². The number of nitrogens with zero attached hydrogens (tertiary/aromatic N) is 3. The number of carbonyl (C=O) groups is 3. The van der Waals surface area contributed by atoms with Crippen molar-refractivity contribution >= 4 is 17.7 Å². The van der Waals surface area contributed by atoms with E-state index in [2.05, 4.69) is 26.3 Å². The van der Waals surface area contributed by atoms with Crippen LogP contribution in [-0.2, 0) is 36.8 Å². The Hall–Kier alpha value is -2.53. The molecule has 0 saturated heterocycles. The van der Waals surface area contributed by atoms with E-state index in [4.69, 9.17) is 9.47 Å². The van der Waals surface area contributed by atoms with Crippen LogP contribution >= 0.6 is 0 Å². The van der Waals surface area contributed by atoms with Gasteiger partial charge in [-0.1, -0.05) is 18.1 Å². The Labute approximate surface area is 227 Å². The molecule has 3 N–H and O–H groups in total. The van der Waals surface area contributed by atoms with E-state index < -0.39 is 5.54 Å². The number of amides is 3. The number of carbonyl (C=O) groups excluding carboxylic acids is 3. The molecule has 0 aliphatic heterocycles. The maximum absolute atomic E-state index is 12.3. The van der Waals surface area contributed by atoms with Crippen LogP contribution in [0.4, 0.5) is 0 Å². The highest BCUT2D eigenvalue weighted by Gasteiger charge is 2.25. The maximum Gasteiger partial charge on any atom is 0.222 e. The fourth-order valence-corrected chi connectivity index (χ4v) is 4.79. The first kappa shape index (κ1) is 31.7. The zero-order valence-electron chi connectivity index (χ0n) is 24.2. The Kier molecular flexibility index (Phi) is 12.6. The molecule has 1 unspecified atom stereocenters. The van der Waals surface area contributed by atoms with Crippen LogP contribution in [0.1, 0.15) is 104 Å². The van der Waals surface area contributed by atoms with Crippen LogP contribution in [0, 0.1) is 0 Å². The number of nitrogens with one attached hydrogen (secondary N) is 3. The third-order valence-corrected chi connectivity index (χ3v) is 6.47. The van der Waals surface area contributed by atoms with Crippen molar-refractivity contribution in [1.29, 1.82) is 0 Å². The number of rotatable bonds is 15. The van der Waals surface area contributed by atoms with E-state index in [1.165, 1.54) is 13.8 Å². The summed E-state index contributed by atoms with van der Waals surface area (Å²) < 4.78 is 13.9. The van der Waals surface area contributed by atoms with Gasteiger partial charge in [0.25, 0.3) is 0 Å². The molecule has 216 valence electrons. The minimum Gasteiger partial charge on any atom is -0.379 e. The summed E-state index contributed by atoms with van der Waals surface area (Å²) in [5, 5.41) is 17.5. The lowest BCUT2D eigenvalue weighted by molar-refractivity contribution is -0.124. The third-order valence-electron chi connectivity index (χ3n) is 6.47. The number of hydrogen-bond acceptors (Lipinski definition) is 7. The zero-order valence-corrected chi connectivity index (χ0v) is 24.2.